The molecule has 0 spiro atoms. The minimum absolute atomic E-state index is 0.670. The van der Waals surface area contributed by atoms with E-state index in [1.165, 1.54) is 11.1 Å². The first-order valence-electron chi connectivity index (χ1n) is 6.33. The molecule has 0 bridgehead atoms. The van der Waals surface area contributed by atoms with Gasteiger partial charge in [0.05, 0.1) is 5.69 Å². The summed E-state index contributed by atoms with van der Waals surface area (Å²) < 4.78 is 0.670. The molecule has 100 valence electrons. The summed E-state index contributed by atoms with van der Waals surface area (Å²) in [6.45, 7) is 2.66. The zero-order valence-corrected chi connectivity index (χ0v) is 12.4. The van der Waals surface area contributed by atoms with Crippen LogP contribution in [0.25, 0.3) is 0 Å². The highest BCUT2D eigenvalue weighted by molar-refractivity contribution is 9.10. The molecule has 2 aromatic heterocycles. The van der Waals surface area contributed by atoms with Crippen molar-refractivity contribution in [3.8, 4) is 0 Å². The van der Waals surface area contributed by atoms with E-state index in [1.54, 1.807) is 0 Å². The molecule has 2 aromatic rings. The Morgan fingerprint density at radius 3 is 3.11 bits per heavy atom. The van der Waals surface area contributed by atoms with E-state index in [1.807, 2.05) is 12.4 Å². The van der Waals surface area contributed by atoms with E-state index < -0.39 is 0 Å². The lowest BCUT2D eigenvalue weighted by atomic mass is 10.1. The first-order chi connectivity index (χ1) is 9.24. The highest BCUT2D eigenvalue weighted by Gasteiger charge is 2.19. The van der Waals surface area contributed by atoms with Gasteiger partial charge in [-0.1, -0.05) is 0 Å². The van der Waals surface area contributed by atoms with Gasteiger partial charge in [-0.3, -0.25) is 0 Å². The molecule has 5 nitrogen and oxygen atoms in total. The SMILES string of the molecule is CN(Cc1cc[nH]c1)c1nc(Br)nc2c1CNCC2. The predicted molar refractivity (Wildman–Crippen MR) is 78.0 cm³/mol. The van der Waals surface area contributed by atoms with Crippen LogP contribution in [0.5, 0.6) is 0 Å². The topological polar surface area (TPSA) is 56.8 Å². The Kier molecular flexibility index (Phi) is 3.52. The summed E-state index contributed by atoms with van der Waals surface area (Å²) in [5, 5.41) is 3.39. The van der Waals surface area contributed by atoms with E-state index in [0.29, 0.717) is 4.73 Å². The second-order valence-electron chi connectivity index (χ2n) is 4.74. The van der Waals surface area contributed by atoms with Crippen LogP contribution in [0.4, 0.5) is 5.82 Å². The lowest BCUT2D eigenvalue weighted by Crippen LogP contribution is -2.29. The fraction of sp³-hybridized carbons (Fsp3) is 0.385. The largest absolute Gasteiger partial charge is 0.367 e. The Morgan fingerprint density at radius 1 is 1.42 bits per heavy atom. The van der Waals surface area contributed by atoms with Crippen molar-refractivity contribution in [1.82, 2.24) is 20.3 Å². The van der Waals surface area contributed by atoms with E-state index in [-0.39, 0.29) is 0 Å². The third-order valence-electron chi connectivity index (χ3n) is 3.33. The Balaban J connectivity index is 1.92. The first kappa shape index (κ1) is 12.6. The van der Waals surface area contributed by atoms with Gasteiger partial charge < -0.3 is 15.2 Å². The number of halogens is 1. The van der Waals surface area contributed by atoms with Crippen molar-refractivity contribution in [2.24, 2.45) is 0 Å². The van der Waals surface area contributed by atoms with Gasteiger partial charge in [0.25, 0.3) is 0 Å². The molecule has 3 rings (SSSR count). The molecule has 0 fully saturated rings. The number of aromatic nitrogens is 3. The van der Waals surface area contributed by atoms with Crippen LogP contribution in [0, 0.1) is 0 Å². The number of H-pyrrole nitrogens is 1. The standard InChI is InChI=1S/C13H16BrN5/c1-19(8-9-2-4-15-6-9)12-10-7-16-5-3-11(10)17-13(14)18-12/h2,4,6,15-16H,3,5,7-8H2,1H3. The molecule has 2 N–H and O–H groups in total. The van der Waals surface area contributed by atoms with Crippen LogP contribution >= 0.6 is 15.9 Å². The summed E-state index contributed by atoms with van der Waals surface area (Å²) in [5.74, 6) is 1.00. The molecular formula is C13H16BrN5. The number of nitrogens with one attached hydrogen (secondary N) is 2. The number of hydrogen-bond acceptors (Lipinski definition) is 4. The molecule has 19 heavy (non-hydrogen) atoms. The zero-order chi connectivity index (χ0) is 13.2. The van der Waals surface area contributed by atoms with Crippen LogP contribution in [0.3, 0.4) is 0 Å². The molecule has 3 heterocycles. The number of fused-ring (bicyclic) bond motifs is 1. The molecular weight excluding hydrogens is 306 g/mol. The molecule has 0 radical (unpaired) electrons. The summed E-state index contributed by atoms with van der Waals surface area (Å²) in [6, 6.07) is 2.08. The van der Waals surface area contributed by atoms with Crippen LogP contribution in [-0.2, 0) is 19.5 Å². The summed E-state index contributed by atoms with van der Waals surface area (Å²) in [6.07, 6.45) is 4.91. The maximum absolute atomic E-state index is 4.55. The van der Waals surface area contributed by atoms with E-state index in [0.717, 1.165) is 37.6 Å². The summed E-state index contributed by atoms with van der Waals surface area (Å²) in [7, 11) is 2.07. The Hall–Kier alpha value is -1.40. The Morgan fingerprint density at radius 2 is 2.32 bits per heavy atom. The summed E-state index contributed by atoms with van der Waals surface area (Å²) >= 11 is 3.41. The van der Waals surface area contributed by atoms with E-state index in [2.05, 4.69) is 54.2 Å². The van der Waals surface area contributed by atoms with Gasteiger partial charge >= 0.3 is 0 Å². The van der Waals surface area contributed by atoms with Gasteiger partial charge in [0.1, 0.15) is 5.82 Å². The third kappa shape index (κ3) is 2.64. The van der Waals surface area contributed by atoms with Gasteiger partial charge in [-0.05, 0) is 27.6 Å². The molecule has 0 aromatic carbocycles. The van der Waals surface area contributed by atoms with Gasteiger partial charge in [-0.25, -0.2) is 9.97 Å². The first-order valence-corrected chi connectivity index (χ1v) is 7.12. The van der Waals surface area contributed by atoms with Crippen molar-refractivity contribution in [3.05, 3.63) is 40.0 Å². The maximum atomic E-state index is 4.55. The van der Waals surface area contributed by atoms with Crippen molar-refractivity contribution in [2.75, 3.05) is 18.5 Å². The normalized spacial score (nSPS) is 14.2. The monoisotopic (exact) mass is 321 g/mol. The van der Waals surface area contributed by atoms with Gasteiger partial charge in [0.2, 0.25) is 0 Å². The average molecular weight is 322 g/mol. The number of rotatable bonds is 3. The molecule has 0 saturated heterocycles. The highest BCUT2D eigenvalue weighted by Crippen LogP contribution is 2.25. The number of aromatic amines is 1. The molecule has 0 saturated carbocycles. The van der Waals surface area contributed by atoms with Crippen molar-refractivity contribution in [2.45, 2.75) is 19.5 Å². The molecule has 1 aliphatic heterocycles. The molecule has 0 unspecified atom stereocenters. The lowest BCUT2D eigenvalue weighted by molar-refractivity contribution is 0.620. The van der Waals surface area contributed by atoms with E-state index in [9.17, 15) is 0 Å². The molecule has 1 aliphatic rings. The van der Waals surface area contributed by atoms with Gasteiger partial charge in [-0.2, -0.15) is 0 Å². The van der Waals surface area contributed by atoms with Crippen molar-refractivity contribution in [3.63, 3.8) is 0 Å². The maximum Gasteiger partial charge on any atom is 0.198 e. The lowest BCUT2D eigenvalue weighted by Gasteiger charge is -2.25. The zero-order valence-electron chi connectivity index (χ0n) is 10.8. The molecule has 0 atom stereocenters. The minimum atomic E-state index is 0.670. The second-order valence-corrected chi connectivity index (χ2v) is 5.45. The van der Waals surface area contributed by atoms with Crippen LogP contribution in [0.1, 0.15) is 16.8 Å². The predicted octanol–water partition coefficient (Wildman–Crippen LogP) is 1.85. The van der Waals surface area contributed by atoms with Gasteiger partial charge in [-0.15, -0.1) is 0 Å². The van der Waals surface area contributed by atoms with E-state index >= 15 is 0 Å². The van der Waals surface area contributed by atoms with Crippen LogP contribution < -0.4 is 10.2 Å². The Labute approximate surface area is 120 Å². The van der Waals surface area contributed by atoms with Crippen molar-refractivity contribution in [1.29, 1.82) is 0 Å². The fourth-order valence-electron chi connectivity index (χ4n) is 2.42. The van der Waals surface area contributed by atoms with Crippen LogP contribution in [0.15, 0.2) is 23.2 Å². The molecule has 0 aliphatic carbocycles. The van der Waals surface area contributed by atoms with Crippen LogP contribution in [0.2, 0.25) is 0 Å². The molecule has 0 amide bonds. The summed E-state index contributed by atoms with van der Waals surface area (Å²) in [5.41, 5.74) is 3.61. The number of anilines is 1. The van der Waals surface area contributed by atoms with Crippen LogP contribution in [-0.4, -0.2) is 28.5 Å². The highest BCUT2D eigenvalue weighted by atomic mass is 79.9. The third-order valence-corrected chi connectivity index (χ3v) is 3.68. The summed E-state index contributed by atoms with van der Waals surface area (Å²) in [4.78, 5) is 14.3. The van der Waals surface area contributed by atoms with Crippen molar-refractivity contribution >= 4 is 21.7 Å². The van der Waals surface area contributed by atoms with E-state index in [4.69, 9.17) is 0 Å². The second kappa shape index (κ2) is 5.30. The molecule has 6 heteroatoms. The van der Waals surface area contributed by atoms with Gasteiger partial charge in [0.15, 0.2) is 4.73 Å². The van der Waals surface area contributed by atoms with Gasteiger partial charge in [0, 0.05) is 51.1 Å². The quantitative estimate of drug-likeness (QED) is 0.847. The number of hydrogen-bond donors (Lipinski definition) is 2. The van der Waals surface area contributed by atoms with Crippen molar-refractivity contribution < 1.29 is 0 Å². The smallest absolute Gasteiger partial charge is 0.198 e. The number of nitrogens with zero attached hydrogens (tertiary/aromatic N) is 3. The Bertz CT molecular complexity index is 567. The minimum Gasteiger partial charge on any atom is -0.367 e. The fourth-order valence-corrected chi connectivity index (χ4v) is 2.80. The average Bonchev–Trinajstić information content (AvgIpc) is 2.90.